The van der Waals surface area contributed by atoms with Gasteiger partial charge in [0, 0.05) is 5.56 Å². The van der Waals surface area contributed by atoms with Crippen LogP contribution in [-0.4, -0.2) is 11.1 Å². The second-order valence-corrected chi connectivity index (χ2v) is 3.78. The molecule has 0 radical (unpaired) electrons. The molecule has 0 fully saturated rings. The lowest BCUT2D eigenvalue weighted by molar-refractivity contribution is 0.101. The summed E-state index contributed by atoms with van der Waals surface area (Å²) in [5.74, 6) is -2.93. The molecule has 2 aromatic rings. The number of nitrogens with zero attached hydrogens (tertiary/aromatic N) is 1. The average molecular weight is 252 g/mol. The van der Waals surface area contributed by atoms with Crippen molar-refractivity contribution >= 4 is 11.8 Å². The fourth-order valence-corrected chi connectivity index (χ4v) is 1.38. The van der Waals surface area contributed by atoms with Crippen LogP contribution in [0.15, 0.2) is 22.7 Å². The van der Waals surface area contributed by atoms with E-state index in [4.69, 9.17) is 4.52 Å². The molecule has 0 aliphatic heterocycles. The van der Waals surface area contributed by atoms with E-state index in [1.807, 2.05) is 0 Å². The third kappa shape index (κ3) is 2.09. The molecule has 6 heteroatoms. The van der Waals surface area contributed by atoms with Gasteiger partial charge in [0.1, 0.15) is 0 Å². The van der Waals surface area contributed by atoms with E-state index in [1.165, 1.54) is 12.1 Å². The predicted octanol–water partition coefficient (Wildman–Crippen LogP) is 2.82. The third-order valence-electron chi connectivity index (χ3n) is 2.58. The number of amides is 1. The molecule has 0 saturated carbocycles. The smallest absolute Gasteiger partial charge is 0.261 e. The van der Waals surface area contributed by atoms with Gasteiger partial charge in [-0.2, -0.15) is 0 Å². The SMILES string of the molecule is Cc1noc(NC(=O)c2cccc(F)c2F)c1C. The van der Waals surface area contributed by atoms with Crippen LogP contribution in [0.25, 0.3) is 0 Å². The Labute approximate surface area is 102 Å². The van der Waals surface area contributed by atoms with Crippen molar-refractivity contribution in [3.8, 4) is 0 Å². The molecule has 2 rings (SSSR count). The Balaban J connectivity index is 2.28. The Bertz CT molecular complexity index is 608. The van der Waals surface area contributed by atoms with Crippen molar-refractivity contribution in [1.82, 2.24) is 5.16 Å². The Hall–Kier alpha value is -2.24. The first-order valence-corrected chi connectivity index (χ1v) is 5.19. The van der Waals surface area contributed by atoms with Crippen LogP contribution in [0, 0.1) is 25.5 Å². The Morgan fingerprint density at radius 3 is 2.67 bits per heavy atom. The zero-order valence-corrected chi connectivity index (χ0v) is 9.75. The highest BCUT2D eigenvalue weighted by Gasteiger charge is 2.18. The molecule has 0 spiro atoms. The van der Waals surface area contributed by atoms with Gasteiger partial charge in [-0.25, -0.2) is 8.78 Å². The number of halogens is 2. The van der Waals surface area contributed by atoms with Gasteiger partial charge >= 0.3 is 0 Å². The van der Waals surface area contributed by atoms with Crippen molar-refractivity contribution in [3.63, 3.8) is 0 Å². The lowest BCUT2D eigenvalue weighted by atomic mass is 10.2. The highest BCUT2D eigenvalue weighted by atomic mass is 19.2. The summed E-state index contributed by atoms with van der Waals surface area (Å²) in [7, 11) is 0. The first kappa shape index (κ1) is 12.2. The number of rotatable bonds is 2. The maximum atomic E-state index is 13.4. The van der Waals surface area contributed by atoms with Crippen molar-refractivity contribution in [3.05, 3.63) is 46.7 Å². The van der Waals surface area contributed by atoms with E-state index in [0.717, 1.165) is 6.07 Å². The van der Waals surface area contributed by atoms with E-state index in [0.29, 0.717) is 11.3 Å². The minimum atomic E-state index is -1.19. The number of hydrogen-bond donors (Lipinski definition) is 1. The number of aromatic nitrogens is 1. The van der Waals surface area contributed by atoms with Crippen LogP contribution >= 0.6 is 0 Å². The molecule has 0 unspecified atom stereocenters. The van der Waals surface area contributed by atoms with Crippen molar-refractivity contribution < 1.29 is 18.1 Å². The normalized spacial score (nSPS) is 10.4. The summed E-state index contributed by atoms with van der Waals surface area (Å²) in [5, 5.41) is 5.99. The summed E-state index contributed by atoms with van der Waals surface area (Å²) >= 11 is 0. The number of aryl methyl sites for hydroxylation is 1. The molecule has 0 saturated heterocycles. The van der Waals surface area contributed by atoms with E-state index < -0.39 is 17.5 Å². The molecule has 0 bridgehead atoms. The van der Waals surface area contributed by atoms with Crippen molar-refractivity contribution in [2.75, 3.05) is 5.32 Å². The van der Waals surface area contributed by atoms with E-state index in [-0.39, 0.29) is 11.4 Å². The first-order valence-electron chi connectivity index (χ1n) is 5.19. The van der Waals surface area contributed by atoms with Gasteiger partial charge in [0.25, 0.3) is 5.91 Å². The molecular formula is C12H10F2N2O2. The van der Waals surface area contributed by atoms with Crippen LogP contribution in [0.2, 0.25) is 0 Å². The monoisotopic (exact) mass is 252 g/mol. The number of carbonyl (C=O) groups excluding carboxylic acids is 1. The summed E-state index contributed by atoms with van der Waals surface area (Å²) in [6.07, 6.45) is 0. The number of benzene rings is 1. The van der Waals surface area contributed by atoms with Gasteiger partial charge in [-0.15, -0.1) is 0 Å². The van der Waals surface area contributed by atoms with Gasteiger partial charge in [0.05, 0.1) is 11.3 Å². The minimum absolute atomic E-state index is 0.126. The van der Waals surface area contributed by atoms with Crippen LogP contribution in [-0.2, 0) is 0 Å². The molecule has 0 aliphatic rings. The van der Waals surface area contributed by atoms with Gasteiger partial charge in [-0.1, -0.05) is 11.2 Å². The van der Waals surface area contributed by atoms with Crippen LogP contribution in [0.3, 0.4) is 0 Å². The summed E-state index contributed by atoms with van der Waals surface area (Å²) in [6, 6.07) is 3.38. The second kappa shape index (κ2) is 4.56. The number of anilines is 1. The quantitative estimate of drug-likeness (QED) is 0.894. The van der Waals surface area contributed by atoms with Crippen LogP contribution in [0.1, 0.15) is 21.6 Å². The fourth-order valence-electron chi connectivity index (χ4n) is 1.38. The van der Waals surface area contributed by atoms with Crippen molar-refractivity contribution in [2.24, 2.45) is 0 Å². The van der Waals surface area contributed by atoms with Gasteiger partial charge in [0.15, 0.2) is 11.6 Å². The summed E-state index contributed by atoms with van der Waals surface area (Å²) in [4.78, 5) is 11.7. The highest BCUT2D eigenvalue weighted by Crippen LogP contribution is 2.19. The fraction of sp³-hybridized carbons (Fsp3) is 0.167. The molecule has 0 aliphatic carbocycles. The molecule has 1 heterocycles. The zero-order valence-electron chi connectivity index (χ0n) is 9.75. The molecule has 18 heavy (non-hydrogen) atoms. The maximum absolute atomic E-state index is 13.4. The zero-order chi connectivity index (χ0) is 13.3. The van der Waals surface area contributed by atoms with E-state index in [2.05, 4.69) is 10.5 Å². The lowest BCUT2D eigenvalue weighted by Crippen LogP contribution is -2.14. The van der Waals surface area contributed by atoms with Crippen LogP contribution in [0.4, 0.5) is 14.7 Å². The standard InChI is InChI=1S/C12H10F2N2O2/c1-6-7(2)16-18-12(6)15-11(17)8-4-3-5-9(13)10(8)14/h3-5H,1-2H3,(H,15,17). The van der Waals surface area contributed by atoms with E-state index in [1.54, 1.807) is 13.8 Å². The van der Waals surface area contributed by atoms with E-state index in [9.17, 15) is 13.6 Å². The topological polar surface area (TPSA) is 55.1 Å². The summed E-state index contributed by atoms with van der Waals surface area (Å²) in [5.41, 5.74) is 0.869. The van der Waals surface area contributed by atoms with Gasteiger partial charge in [0.2, 0.25) is 5.88 Å². The van der Waals surface area contributed by atoms with Crippen LogP contribution < -0.4 is 5.32 Å². The lowest BCUT2D eigenvalue weighted by Gasteiger charge is -2.04. The summed E-state index contributed by atoms with van der Waals surface area (Å²) < 4.78 is 31.2. The molecule has 1 aromatic carbocycles. The summed E-state index contributed by atoms with van der Waals surface area (Å²) in [6.45, 7) is 3.40. The Morgan fingerprint density at radius 1 is 1.33 bits per heavy atom. The Kier molecular flexibility index (Phi) is 3.10. The Morgan fingerprint density at radius 2 is 2.06 bits per heavy atom. The number of nitrogens with one attached hydrogen (secondary N) is 1. The molecule has 4 nitrogen and oxygen atoms in total. The van der Waals surface area contributed by atoms with Gasteiger partial charge < -0.3 is 4.52 Å². The van der Waals surface area contributed by atoms with Crippen molar-refractivity contribution in [1.29, 1.82) is 0 Å². The first-order chi connectivity index (χ1) is 8.50. The largest absolute Gasteiger partial charge is 0.338 e. The van der Waals surface area contributed by atoms with E-state index >= 15 is 0 Å². The van der Waals surface area contributed by atoms with Gasteiger partial charge in [-0.3, -0.25) is 10.1 Å². The highest BCUT2D eigenvalue weighted by molar-refractivity contribution is 6.04. The van der Waals surface area contributed by atoms with Crippen LogP contribution in [0.5, 0.6) is 0 Å². The predicted molar refractivity (Wildman–Crippen MR) is 60.3 cm³/mol. The minimum Gasteiger partial charge on any atom is -0.338 e. The maximum Gasteiger partial charge on any atom is 0.261 e. The molecule has 94 valence electrons. The third-order valence-corrected chi connectivity index (χ3v) is 2.58. The molecule has 1 aromatic heterocycles. The molecular weight excluding hydrogens is 242 g/mol. The molecule has 1 amide bonds. The number of carbonyl (C=O) groups is 1. The van der Waals surface area contributed by atoms with Crippen molar-refractivity contribution in [2.45, 2.75) is 13.8 Å². The molecule has 0 atom stereocenters. The second-order valence-electron chi connectivity index (χ2n) is 3.78. The van der Waals surface area contributed by atoms with Gasteiger partial charge in [-0.05, 0) is 26.0 Å². The number of hydrogen-bond acceptors (Lipinski definition) is 3. The average Bonchev–Trinajstić information content (AvgIpc) is 2.64. The molecule has 1 N–H and O–H groups in total.